The first kappa shape index (κ1) is 14.0. The molecule has 0 amide bonds. The molecule has 0 aliphatic heterocycles. The van der Waals surface area contributed by atoms with Gasteiger partial charge in [-0.25, -0.2) is 0 Å². The van der Waals surface area contributed by atoms with Gasteiger partial charge in [0.25, 0.3) is 0 Å². The molecule has 2 aromatic carbocycles. The van der Waals surface area contributed by atoms with E-state index in [1.54, 1.807) is 0 Å². The van der Waals surface area contributed by atoms with Crippen molar-refractivity contribution in [3.8, 4) is 0 Å². The predicted molar refractivity (Wildman–Crippen MR) is 86.6 cm³/mol. The van der Waals surface area contributed by atoms with E-state index < -0.39 is 5.60 Å². The maximum Gasteiger partial charge on any atom is 0.0908 e. The highest BCUT2D eigenvalue weighted by Gasteiger charge is 2.23. The smallest absolute Gasteiger partial charge is 0.0908 e. The van der Waals surface area contributed by atoms with Crippen LogP contribution in [0, 0.1) is 3.57 Å². The summed E-state index contributed by atoms with van der Waals surface area (Å²) in [6.45, 7) is 1.86. The van der Waals surface area contributed by atoms with Crippen LogP contribution in [0.2, 0.25) is 0 Å². The van der Waals surface area contributed by atoms with E-state index >= 15 is 0 Å². The monoisotopic (exact) mass is 416 g/mol. The molecule has 0 radical (unpaired) electrons. The molecule has 2 rings (SSSR count). The normalized spacial score (nSPS) is 14.2. The summed E-state index contributed by atoms with van der Waals surface area (Å²) in [5.74, 6) is 0. The molecule has 18 heavy (non-hydrogen) atoms. The van der Waals surface area contributed by atoms with Gasteiger partial charge in [0.1, 0.15) is 0 Å². The van der Waals surface area contributed by atoms with Crippen LogP contribution in [0.15, 0.2) is 53.0 Å². The zero-order valence-corrected chi connectivity index (χ0v) is 13.8. The van der Waals surface area contributed by atoms with Crippen LogP contribution in [0.5, 0.6) is 0 Å². The minimum Gasteiger partial charge on any atom is -0.385 e. The molecule has 1 atom stereocenters. The van der Waals surface area contributed by atoms with Gasteiger partial charge in [0.05, 0.1) is 5.60 Å². The van der Waals surface area contributed by atoms with Crippen molar-refractivity contribution in [3.05, 3.63) is 67.7 Å². The first-order valence-corrected chi connectivity index (χ1v) is 7.57. The molecule has 0 saturated heterocycles. The lowest BCUT2D eigenvalue weighted by molar-refractivity contribution is 0.0576. The second kappa shape index (κ2) is 5.72. The summed E-state index contributed by atoms with van der Waals surface area (Å²) >= 11 is 5.69. The van der Waals surface area contributed by atoms with Gasteiger partial charge in [-0.1, -0.05) is 40.2 Å². The predicted octanol–water partition coefficient (Wildman–Crippen LogP) is 4.50. The number of hydrogen-bond donors (Lipinski definition) is 1. The van der Waals surface area contributed by atoms with Crippen LogP contribution >= 0.6 is 38.5 Å². The Morgan fingerprint density at radius 3 is 2.17 bits per heavy atom. The Morgan fingerprint density at radius 1 is 1.06 bits per heavy atom. The Bertz CT molecular complexity index is 517. The second-order valence-corrected chi connectivity index (χ2v) is 6.75. The molecule has 1 N–H and O–H groups in total. The summed E-state index contributed by atoms with van der Waals surface area (Å²) in [5, 5.41) is 10.6. The maximum atomic E-state index is 10.6. The van der Waals surface area contributed by atoms with Gasteiger partial charge in [-0.15, -0.1) is 0 Å². The van der Waals surface area contributed by atoms with Gasteiger partial charge in [-0.3, -0.25) is 0 Å². The summed E-state index contributed by atoms with van der Waals surface area (Å²) in [4.78, 5) is 0. The molecule has 0 fully saturated rings. The molecule has 1 nitrogen and oxygen atoms in total. The zero-order valence-electron chi connectivity index (χ0n) is 10.0. The minimum absolute atomic E-state index is 0.617. The summed E-state index contributed by atoms with van der Waals surface area (Å²) < 4.78 is 2.23. The molecule has 0 bridgehead atoms. The van der Waals surface area contributed by atoms with Crippen LogP contribution < -0.4 is 0 Å². The third-order valence-corrected chi connectivity index (χ3v) is 4.18. The van der Waals surface area contributed by atoms with Crippen molar-refractivity contribution in [2.24, 2.45) is 0 Å². The lowest BCUT2D eigenvalue weighted by Gasteiger charge is -2.24. The lowest BCUT2D eigenvalue weighted by Crippen LogP contribution is -2.24. The lowest BCUT2D eigenvalue weighted by atomic mass is 9.89. The SMILES string of the molecule is CC(O)(Cc1ccc(I)cc1)c1ccc(Br)cc1. The third kappa shape index (κ3) is 3.56. The highest BCUT2D eigenvalue weighted by atomic mass is 127. The molecule has 2 aromatic rings. The summed E-state index contributed by atoms with van der Waals surface area (Å²) in [6.07, 6.45) is 0.617. The van der Waals surface area contributed by atoms with E-state index in [4.69, 9.17) is 0 Å². The quantitative estimate of drug-likeness (QED) is 0.730. The third-order valence-electron chi connectivity index (χ3n) is 2.93. The fourth-order valence-electron chi connectivity index (χ4n) is 1.91. The average Bonchev–Trinajstić information content (AvgIpc) is 2.32. The van der Waals surface area contributed by atoms with Crippen LogP contribution in [0.25, 0.3) is 0 Å². The van der Waals surface area contributed by atoms with E-state index in [0.717, 1.165) is 15.6 Å². The van der Waals surface area contributed by atoms with Crippen LogP contribution in [0.3, 0.4) is 0 Å². The van der Waals surface area contributed by atoms with Gasteiger partial charge < -0.3 is 5.11 Å². The Kier molecular flexibility index (Phi) is 4.45. The standard InChI is InChI=1S/C15H14BrIO/c1-15(18,12-4-6-13(16)7-5-12)10-11-2-8-14(17)9-3-11/h2-9,18H,10H2,1H3. The molecule has 0 aromatic heterocycles. The summed E-state index contributed by atoms with van der Waals surface area (Å²) in [6, 6.07) is 16.1. The van der Waals surface area contributed by atoms with E-state index in [1.807, 2.05) is 31.2 Å². The van der Waals surface area contributed by atoms with Crippen molar-refractivity contribution in [1.29, 1.82) is 0 Å². The Morgan fingerprint density at radius 2 is 1.61 bits per heavy atom. The van der Waals surface area contributed by atoms with Crippen molar-refractivity contribution >= 4 is 38.5 Å². The Balaban J connectivity index is 2.20. The molecule has 0 saturated carbocycles. The van der Waals surface area contributed by atoms with Crippen molar-refractivity contribution in [2.45, 2.75) is 18.9 Å². The van der Waals surface area contributed by atoms with Crippen molar-refractivity contribution < 1.29 is 5.11 Å². The molecule has 0 spiro atoms. The van der Waals surface area contributed by atoms with Gasteiger partial charge in [0.2, 0.25) is 0 Å². The van der Waals surface area contributed by atoms with E-state index in [1.165, 1.54) is 3.57 Å². The fraction of sp³-hybridized carbons (Fsp3) is 0.200. The van der Waals surface area contributed by atoms with Gasteiger partial charge in [-0.2, -0.15) is 0 Å². The fourth-order valence-corrected chi connectivity index (χ4v) is 2.53. The summed E-state index contributed by atoms with van der Waals surface area (Å²) in [5.41, 5.74) is 1.24. The highest BCUT2D eigenvalue weighted by molar-refractivity contribution is 14.1. The first-order chi connectivity index (χ1) is 8.47. The number of benzene rings is 2. The minimum atomic E-state index is -0.840. The van der Waals surface area contributed by atoms with E-state index in [9.17, 15) is 5.11 Å². The van der Waals surface area contributed by atoms with Gasteiger partial charge in [0.15, 0.2) is 0 Å². The van der Waals surface area contributed by atoms with Gasteiger partial charge in [0, 0.05) is 14.5 Å². The summed E-state index contributed by atoms with van der Waals surface area (Å²) in [7, 11) is 0. The number of halogens is 2. The molecular formula is C15H14BrIO. The molecule has 3 heteroatoms. The van der Waals surface area contributed by atoms with Crippen LogP contribution in [0.1, 0.15) is 18.1 Å². The number of hydrogen-bond acceptors (Lipinski definition) is 1. The Hall–Kier alpha value is -0.390. The van der Waals surface area contributed by atoms with E-state index in [-0.39, 0.29) is 0 Å². The number of aliphatic hydroxyl groups is 1. The molecule has 94 valence electrons. The van der Waals surface area contributed by atoms with Crippen LogP contribution in [-0.4, -0.2) is 5.11 Å². The first-order valence-electron chi connectivity index (χ1n) is 5.70. The number of rotatable bonds is 3. The zero-order chi connectivity index (χ0) is 13.2. The topological polar surface area (TPSA) is 20.2 Å². The highest BCUT2D eigenvalue weighted by Crippen LogP contribution is 2.26. The second-order valence-electron chi connectivity index (χ2n) is 4.58. The molecule has 0 aliphatic rings. The van der Waals surface area contributed by atoms with E-state index in [2.05, 4.69) is 62.8 Å². The average molecular weight is 417 g/mol. The molecule has 0 aliphatic carbocycles. The molecular weight excluding hydrogens is 403 g/mol. The maximum absolute atomic E-state index is 10.6. The Labute approximate surface area is 130 Å². The largest absolute Gasteiger partial charge is 0.385 e. The van der Waals surface area contributed by atoms with Crippen LogP contribution in [0.4, 0.5) is 0 Å². The van der Waals surface area contributed by atoms with Crippen molar-refractivity contribution in [3.63, 3.8) is 0 Å². The van der Waals surface area contributed by atoms with E-state index in [0.29, 0.717) is 6.42 Å². The van der Waals surface area contributed by atoms with Gasteiger partial charge >= 0.3 is 0 Å². The molecule has 1 unspecified atom stereocenters. The molecule has 0 heterocycles. The van der Waals surface area contributed by atoms with Crippen molar-refractivity contribution in [1.82, 2.24) is 0 Å². The van der Waals surface area contributed by atoms with Crippen molar-refractivity contribution in [2.75, 3.05) is 0 Å². The van der Waals surface area contributed by atoms with Gasteiger partial charge in [-0.05, 0) is 64.9 Å². The van der Waals surface area contributed by atoms with Crippen LogP contribution in [-0.2, 0) is 12.0 Å².